The summed E-state index contributed by atoms with van der Waals surface area (Å²) in [6, 6.07) is 0. The minimum Gasteiger partial charge on any atom is -0.344 e. The van der Waals surface area contributed by atoms with Crippen LogP contribution in [0, 0.1) is 0 Å². The van der Waals surface area contributed by atoms with E-state index in [1.54, 1.807) is 0 Å². The monoisotopic (exact) mass is 286 g/mol. The molecule has 0 heterocycles. The van der Waals surface area contributed by atoms with Gasteiger partial charge in [0.15, 0.2) is 0 Å². The van der Waals surface area contributed by atoms with Gasteiger partial charge in [0.1, 0.15) is 0 Å². The highest BCUT2D eigenvalue weighted by Gasteiger charge is 1.95. The molecule has 0 aromatic carbocycles. The standard InChI is InChI=1S/C8H18.C4H8.2H3N.H3O3P/c1-3-5-7-8-6-4-2;1-2-4-3-1;;;1-4(2)3/h3-8H2,1-2H3;1-4H2;2*1H3;4H,(H2,1,2,3). The Morgan fingerprint density at radius 2 is 1.00 bits per heavy atom. The molecule has 6 heteroatoms. The second-order valence-corrected chi connectivity index (χ2v) is 4.68. The zero-order valence-corrected chi connectivity index (χ0v) is 13.3. The van der Waals surface area contributed by atoms with Gasteiger partial charge >= 0.3 is 8.25 Å². The van der Waals surface area contributed by atoms with Crippen molar-refractivity contribution in [3.05, 3.63) is 0 Å². The van der Waals surface area contributed by atoms with E-state index in [0.29, 0.717) is 0 Å². The van der Waals surface area contributed by atoms with Crippen LogP contribution < -0.4 is 12.3 Å². The summed E-state index contributed by atoms with van der Waals surface area (Å²) >= 11 is 0. The lowest BCUT2D eigenvalue weighted by molar-refractivity contribution is 0.405. The van der Waals surface area contributed by atoms with E-state index in [2.05, 4.69) is 13.8 Å². The first kappa shape index (κ1) is 26.6. The van der Waals surface area contributed by atoms with Crippen LogP contribution in [-0.4, -0.2) is 9.79 Å². The summed E-state index contributed by atoms with van der Waals surface area (Å²) in [6.45, 7) is 4.51. The molecule has 1 rings (SSSR count). The second kappa shape index (κ2) is 25.8. The summed E-state index contributed by atoms with van der Waals surface area (Å²) in [6.07, 6.45) is 14.5. The van der Waals surface area contributed by atoms with Crippen LogP contribution in [0.5, 0.6) is 0 Å². The topological polar surface area (TPSA) is 128 Å². The molecule has 0 spiro atoms. The van der Waals surface area contributed by atoms with Gasteiger partial charge in [0.25, 0.3) is 0 Å². The Morgan fingerprint density at radius 1 is 0.778 bits per heavy atom. The highest BCUT2D eigenvalue weighted by molar-refractivity contribution is 7.30. The van der Waals surface area contributed by atoms with Crippen molar-refractivity contribution in [1.29, 1.82) is 0 Å². The minimum absolute atomic E-state index is 0. The number of hydrogen-bond acceptors (Lipinski definition) is 3. The average Bonchev–Trinajstić information content (AvgIpc) is 2.09. The Labute approximate surface area is 113 Å². The van der Waals surface area contributed by atoms with Gasteiger partial charge in [0.2, 0.25) is 0 Å². The molecule has 0 aromatic rings. The second-order valence-electron chi connectivity index (χ2n) is 4.11. The summed E-state index contributed by atoms with van der Waals surface area (Å²) in [4.78, 5) is 14.3. The SMILES string of the molecule is C1CCC1.CCCCCCCC.N.N.O=[PH](O)O. The smallest absolute Gasteiger partial charge is 0.314 e. The van der Waals surface area contributed by atoms with Crippen LogP contribution in [0.25, 0.3) is 0 Å². The van der Waals surface area contributed by atoms with Crippen LogP contribution in [0.3, 0.4) is 0 Å². The van der Waals surface area contributed by atoms with Gasteiger partial charge in [-0.3, -0.25) is 4.57 Å². The van der Waals surface area contributed by atoms with Crippen molar-refractivity contribution in [3.8, 4) is 0 Å². The molecule has 0 aromatic heterocycles. The first-order valence-electron chi connectivity index (χ1n) is 6.57. The zero-order chi connectivity index (χ0) is 12.6. The van der Waals surface area contributed by atoms with E-state index in [0.717, 1.165) is 0 Å². The van der Waals surface area contributed by atoms with Crippen LogP contribution in [0.1, 0.15) is 78.1 Å². The Kier molecular flexibility index (Phi) is 38.1. The predicted molar refractivity (Wildman–Crippen MR) is 81.0 cm³/mol. The Morgan fingerprint density at radius 3 is 1.11 bits per heavy atom. The summed E-state index contributed by atoms with van der Waals surface area (Å²) in [7, 11) is -3.13. The normalized spacial score (nSPS) is 11.6. The average molecular weight is 286 g/mol. The molecule has 0 aliphatic heterocycles. The molecule has 5 nitrogen and oxygen atoms in total. The van der Waals surface area contributed by atoms with Crippen molar-refractivity contribution in [2.75, 3.05) is 0 Å². The highest BCUT2D eigenvalue weighted by Crippen LogP contribution is 2.15. The van der Waals surface area contributed by atoms with Crippen LogP contribution in [0.2, 0.25) is 0 Å². The molecule has 0 amide bonds. The molecule has 1 saturated carbocycles. The first-order valence-corrected chi connectivity index (χ1v) is 7.87. The summed E-state index contributed by atoms with van der Waals surface area (Å²) in [5.74, 6) is 0. The van der Waals surface area contributed by atoms with E-state index in [1.807, 2.05) is 0 Å². The molecule has 0 unspecified atom stereocenters. The molecule has 0 saturated heterocycles. The van der Waals surface area contributed by atoms with E-state index in [-0.39, 0.29) is 12.3 Å². The number of unbranched alkanes of at least 4 members (excludes halogenated alkanes) is 5. The van der Waals surface area contributed by atoms with E-state index >= 15 is 0 Å². The lowest BCUT2D eigenvalue weighted by Gasteiger charge is -2.05. The van der Waals surface area contributed by atoms with Crippen LogP contribution >= 0.6 is 8.25 Å². The molecule has 1 fully saturated rings. The van der Waals surface area contributed by atoms with Gasteiger partial charge in [-0.1, -0.05) is 78.1 Å². The summed E-state index contributed by atoms with van der Waals surface area (Å²) < 4.78 is 8.74. The zero-order valence-electron chi connectivity index (χ0n) is 12.3. The van der Waals surface area contributed by atoms with Crippen molar-refractivity contribution in [1.82, 2.24) is 12.3 Å². The third-order valence-corrected chi connectivity index (χ3v) is 2.46. The minimum atomic E-state index is -3.13. The van der Waals surface area contributed by atoms with E-state index in [4.69, 9.17) is 14.4 Å². The molecular weight excluding hydrogens is 251 g/mol. The lowest BCUT2D eigenvalue weighted by Crippen LogP contribution is -1.85. The molecule has 0 radical (unpaired) electrons. The molecule has 116 valence electrons. The fourth-order valence-electron chi connectivity index (χ4n) is 1.10. The maximum absolute atomic E-state index is 8.74. The predicted octanol–water partition coefficient (Wildman–Crippen LogP) is 4.61. The Balaban J connectivity index is -0.0000000840. The van der Waals surface area contributed by atoms with Crippen molar-refractivity contribution < 1.29 is 14.4 Å². The Bertz CT molecular complexity index is 131. The molecular formula is C12H35N2O3P. The molecule has 0 bridgehead atoms. The van der Waals surface area contributed by atoms with Crippen LogP contribution in [-0.2, 0) is 4.57 Å². The van der Waals surface area contributed by atoms with Crippen LogP contribution in [0.15, 0.2) is 0 Å². The largest absolute Gasteiger partial charge is 0.344 e. The highest BCUT2D eigenvalue weighted by atomic mass is 31.1. The summed E-state index contributed by atoms with van der Waals surface area (Å²) in [5, 5.41) is 0. The Hall–Kier alpha value is 0.0700. The number of rotatable bonds is 5. The van der Waals surface area contributed by atoms with Crippen molar-refractivity contribution in [2.45, 2.75) is 78.1 Å². The molecule has 1 aliphatic rings. The fourth-order valence-corrected chi connectivity index (χ4v) is 1.10. The van der Waals surface area contributed by atoms with Crippen molar-refractivity contribution in [2.24, 2.45) is 0 Å². The van der Waals surface area contributed by atoms with Gasteiger partial charge in [0.05, 0.1) is 0 Å². The molecule has 1 aliphatic carbocycles. The van der Waals surface area contributed by atoms with E-state index in [1.165, 1.54) is 64.2 Å². The molecule has 0 atom stereocenters. The third kappa shape index (κ3) is 44.4. The maximum Gasteiger partial charge on any atom is 0.314 e. The maximum atomic E-state index is 8.74. The molecule has 8 N–H and O–H groups in total. The fraction of sp³-hybridized carbons (Fsp3) is 1.00. The van der Waals surface area contributed by atoms with Gasteiger partial charge in [-0.25, -0.2) is 0 Å². The van der Waals surface area contributed by atoms with Gasteiger partial charge in [-0.05, 0) is 0 Å². The van der Waals surface area contributed by atoms with Crippen molar-refractivity contribution >= 4 is 8.25 Å². The van der Waals surface area contributed by atoms with Crippen LogP contribution in [0.4, 0.5) is 0 Å². The number of hydrogen-bond donors (Lipinski definition) is 4. The quantitative estimate of drug-likeness (QED) is 0.433. The van der Waals surface area contributed by atoms with E-state index < -0.39 is 8.25 Å². The van der Waals surface area contributed by atoms with Gasteiger partial charge < -0.3 is 22.1 Å². The van der Waals surface area contributed by atoms with E-state index in [9.17, 15) is 0 Å². The molecule has 18 heavy (non-hydrogen) atoms. The van der Waals surface area contributed by atoms with Gasteiger partial charge in [-0.15, -0.1) is 0 Å². The van der Waals surface area contributed by atoms with Gasteiger partial charge in [-0.2, -0.15) is 0 Å². The van der Waals surface area contributed by atoms with Crippen molar-refractivity contribution in [3.63, 3.8) is 0 Å². The summed E-state index contributed by atoms with van der Waals surface area (Å²) in [5.41, 5.74) is 0. The lowest BCUT2D eigenvalue weighted by atomic mass is 10.0. The van der Waals surface area contributed by atoms with Gasteiger partial charge in [0, 0.05) is 0 Å². The third-order valence-electron chi connectivity index (χ3n) is 2.46. The first-order chi connectivity index (χ1) is 7.65.